The van der Waals surface area contributed by atoms with Crippen LogP contribution in [0.5, 0.6) is 0 Å². The maximum absolute atomic E-state index is 13.6. The number of imide groups is 1. The van der Waals surface area contributed by atoms with Gasteiger partial charge < -0.3 is 4.90 Å². The minimum atomic E-state index is -0.362. The van der Waals surface area contributed by atoms with Crippen LogP contribution in [-0.4, -0.2) is 85.4 Å². The third kappa shape index (κ3) is 4.67. The van der Waals surface area contributed by atoms with Crippen molar-refractivity contribution in [2.45, 2.75) is 19.4 Å². The Morgan fingerprint density at radius 2 is 1.66 bits per heavy atom. The highest BCUT2D eigenvalue weighted by molar-refractivity contribution is 6.21. The first-order valence-corrected chi connectivity index (χ1v) is 11.5. The molecule has 0 saturated carbocycles. The van der Waals surface area contributed by atoms with Crippen molar-refractivity contribution in [2.24, 2.45) is 0 Å². The van der Waals surface area contributed by atoms with E-state index in [1.54, 1.807) is 41.3 Å². The number of piperazine rings is 1. The molecular weight excluding hydrogens is 453 g/mol. The van der Waals surface area contributed by atoms with Crippen LogP contribution < -0.4 is 0 Å². The number of hydrogen-bond donors (Lipinski definition) is 0. The molecule has 5 rings (SSSR count). The molecule has 3 aromatic rings. The van der Waals surface area contributed by atoms with Crippen molar-refractivity contribution in [1.29, 1.82) is 0 Å². The van der Waals surface area contributed by atoms with E-state index >= 15 is 0 Å². The fourth-order valence-corrected chi connectivity index (χ4v) is 4.46. The maximum Gasteiger partial charge on any atom is 0.261 e. The molecular formula is C24H24FN7O3. The number of benzene rings is 2. The van der Waals surface area contributed by atoms with Gasteiger partial charge in [0.2, 0.25) is 5.91 Å². The Bertz CT molecular complexity index is 1230. The van der Waals surface area contributed by atoms with E-state index < -0.39 is 0 Å². The summed E-state index contributed by atoms with van der Waals surface area (Å²) in [6.45, 7) is 3.13. The predicted octanol–water partition coefficient (Wildman–Crippen LogP) is 1.52. The number of halogens is 1. The van der Waals surface area contributed by atoms with Crippen LogP contribution in [0.25, 0.3) is 5.69 Å². The first-order valence-electron chi connectivity index (χ1n) is 11.5. The van der Waals surface area contributed by atoms with Gasteiger partial charge in [-0.05, 0) is 47.2 Å². The molecule has 1 aromatic heterocycles. The molecule has 10 nitrogen and oxygen atoms in total. The van der Waals surface area contributed by atoms with Gasteiger partial charge in [0.25, 0.3) is 11.8 Å². The number of nitrogens with zero attached hydrogens (tertiary/aromatic N) is 7. The van der Waals surface area contributed by atoms with Crippen LogP contribution in [0.15, 0.2) is 48.5 Å². The summed E-state index contributed by atoms with van der Waals surface area (Å²) in [6, 6.07) is 12.9. The highest BCUT2D eigenvalue weighted by Crippen LogP contribution is 2.23. The second-order valence-electron chi connectivity index (χ2n) is 8.55. The summed E-state index contributed by atoms with van der Waals surface area (Å²) in [5.41, 5.74) is 1.39. The topological polar surface area (TPSA) is 105 Å². The van der Waals surface area contributed by atoms with Gasteiger partial charge in [-0.25, -0.2) is 4.39 Å². The fraction of sp³-hybridized carbons (Fsp3) is 0.333. The molecule has 11 heteroatoms. The van der Waals surface area contributed by atoms with Gasteiger partial charge in [-0.1, -0.05) is 18.2 Å². The summed E-state index contributed by atoms with van der Waals surface area (Å²) in [4.78, 5) is 42.8. The molecule has 0 radical (unpaired) electrons. The van der Waals surface area contributed by atoms with E-state index in [4.69, 9.17) is 0 Å². The number of tetrazole rings is 1. The normalized spacial score (nSPS) is 16.1. The summed E-state index contributed by atoms with van der Waals surface area (Å²) in [5, 5.41) is 11.8. The first kappa shape index (κ1) is 22.8. The molecule has 0 spiro atoms. The van der Waals surface area contributed by atoms with Crippen LogP contribution >= 0.6 is 0 Å². The third-order valence-corrected chi connectivity index (χ3v) is 6.33. The quantitative estimate of drug-likeness (QED) is 0.475. The first-order chi connectivity index (χ1) is 17.0. The molecule has 35 heavy (non-hydrogen) atoms. The van der Waals surface area contributed by atoms with Gasteiger partial charge in [0.1, 0.15) is 5.82 Å². The highest BCUT2D eigenvalue weighted by atomic mass is 19.1. The standard InChI is InChI=1S/C24H24FN7O3/c25-17-5-3-6-18(15-17)32-21(26-27-28-32)16-29-11-13-30(14-12-29)22(33)9-4-10-31-23(34)19-7-1-2-8-20(19)24(31)35/h1-3,5-8,15H,4,9-14,16H2. The third-order valence-electron chi connectivity index (χ3n) is 6.33. The fourth-order valence-electron chi connectivity index (χ4n) is 4.46. The molecule has 0 unspecified atom stereocenters. The predicted molar refractivity (Wildman–Crippen MR) is 122 cm³/mol. The van der Waals surface area contributed by atoms with Crippen molar-refractivity contribution >= 4 is 17.7 Å². The van der Waals surface area contributed by atoms with Crippen molar-refractivity contribution in [3.63, 3.8) is 0 Å². The van der Waals surface area contributed by atoms with E-state index in [2.05, 4.69) is 20.4 Å². The number of fused-ring (bicyclic) bond motifs is 1. The van der Waals surface area contributed by atoms with E-state index in [-0.39, 0.29) is 36.5 Å². The molecule has 2 aliphatic rings. The minimum Gasteiger partial charge on any atom is -0.340 e. The Kier molecular flexibility index (Phi) is 6.32. The molecule has 180 valence electrons. The van der Waals surface area contributed by atoms with E-state index in [9.17, 15) is 18.8 Å². The number of hydrogen-bond acceptors (Lipinski definition) is 7. The smallest absolute Gasteiger partial charge is 0.261 e. The van der Waals surface area contributed by atoms with Crippen LogP contribution in [0.2, 0.25) is 0 Å². The number of rotatable bonds is 7. The lowest BCUT2D eigenvalue weighted by Gasteiger charge is -2.34. The van der Waals surface area contributed by atoms with Gasteiger partial charge in [0.05, 0.1) is 23.4 Å². The van der Waals surface area contributed by atoms with E-state index in [1.165, 1.54) is 21.7 Å². The van der Waals surface area contributed by atoms with Gasteiger partial charge in [-0.15, -0.1) is 5.10 Å². The monoisotopic (exact) mass is 477 g/mol. The Balaban J connectivity index is 1.09. The molecule has 1 saturated heterocycles. The van der Waals surface area contributed by atoms with Crippen molar-refractivity contribution in [2.75, 3.05) is 32.7 Å². The molecule has 0 N–H and O–H groups in total. The molecule has 0 atom stereocenters. The summed E-state index contributed by atoms with van der Waals surface area (Å²) < 4.78 is 15.1. The Morgan fingerprint density at radius 3 is 2.34 bits per heavy atom. The zero-order chi connectivity index (χ0) is 24.4. The number of aromatic nitrogens is 4. The Labute approximate surface area is 200 Å². The zero-order valence-electron chi connectivity index (χ0n) is 19.0. The lowest BCUT2D eigenvalue weighted by molar-refractivity contribution is -0.133. The summed E-state index contributed by atoms with van der Waals surface area (Å²) >= 11 is 0. The van der Waals surface area contributed by atoms with Gasteiger partial charge in [-0.2, -0.15) is 4.68 Å². The van der Waals surface area contributed by atoms with E-state index in [1.807, 2.05) is 0 Å². The second kappa shape index (κ2) is 9.71. The molecule has 1 fully saturated rings. The van der Waals surface area contributed by atoms with E-state index in [0.29, 0.717) is 61.8 Å². The van der Waals surface area contributed by atoms with Crippen LogP contribution in [0.3, 0.4) is 0 Å². The summed E-state index contributed by atoms with van der Waals surface area (Å²) in [5.74, 6) is -0.360. The summed E-state index contributed by atoms with van der Waals surface area (Å²) in [6.07, 6.45) is 0.693. The SMILES string of the molecule is O=C(CCCN1C(=O)c2ccccc2C1=O)N1CCN(Cc2nnnn2-c2cccc(F)c2)CC1. The second-order valence-corrected chi connectivity index (χ2v) is 8.55. The van der Waals surface area contributed by atoms with Crippen LogP contribution in [0.1, 0.15) is 39.4 Å². The maximum atomic E-state index is 13.6. The lowest BCUT2D eigenvalue weighted by Crippen LogP contribution is -2.48. The number of carbonyl (C=O) groups is 3. The molecule has 3 amide bonds. The van der Waals surface area contributed by atoms with Gasteiger partial charge in [0.15, 0.2) is 5.82 Å². The molecule has 0 bridgehead atoms. The molecule has 2 aromatic carbocycles. The van der Waals surface area contributed by atoms with Crippen molar-refractivity contribution in [1.82, 2.24) is 34.9 Å². The van der Waals surface area contributed by atoms with Gasteiger partial charge in [0, 0.05) is 39.1 Å². The van der Waals surface area contributed by atoms with Crippen LogP contribution in [-0.2, 0) is 11.3 Å². The Morgan fingerprint density at radius 1 is 0.943 bits per heavy atom. The Hall–Kier alpha value is -3.99. The molecule has 3 heterocycles. The van der Waals surface area contributed by atoms with Crippen molar-refractivity contribution in [3.05, 3.63) is 71.3 Å². The largest absolute Gasteiger partial charge is 0.340 e. The average molecular weight is 478 g/mol. The van der Waals surface area contributed by atoms with Crippen molar-refractivity contribution < 1.29 is 18.8 Å². The number of carbonyl (C=O) groups excluding carboxylic acids is 3. The van der Waals surface area contributed by atoms with Crippen molar-refractivity contribution in [3.8, 4) is 5.69 Å². The molecule has 0 aliphatic carbocycles. The van der Waals surface area contributed by atoms with Crippen LogP contribution in [0.4, 0.5) is 4.39 Å². The minimum absolute atomic E-state index is 0.00542. The van der Waals surface area contributed by atoms with Crippen LogP contribution in [0, 0.1) is 5.82 Å². The summed E-state index contributed by atoms with van der Waals surface area (Å²) in [7, 11) is 0. The lowest BCUT2D eigenvalue weighted by atomic mass is 10.1. The number of amides is 3. The van der Waals surface area contributed by atoms with Gasteiger partial charge >= 0.3 is 0 Å². The zero-order valence-corrected chi connectivity index (χ0v) is 19.0. The highest BCUT2D eigenvalue weighted by Gasteiger charge is 2.34. The average Bonchev–Trinajstić information content (AvgIpc) is 3.43. The van der Waals surface area contributed by atoms with E-state index in [0.717, 1.165) is 0 Å². The molecule has 2 aliphatic heterocycles. The van der Waals surface area contributed by atoms with Gasteiger partial charge in [-0.3, -0.25) is 24.2 Å².